The molecule has 1 aliphatic heterocycles. The number of nitriles is 1. The van der Waals surface area contributed by atoms with Crippen molar-refractivity contribution in [3.8, 4) is 22.9 Å². The zero-order valence-electron chi connectivity index (χ0n) is 21.3. The highest BCUT2D eigenvalue weighted by Gasteiger charge is 2.22. The van der Waals surface area contributed by atoms with Crippen LogP contribution < -0.4 is 9.64 Å². The number of pyridine rings is 2. The van der Waals surface area contributed by atoms with Gasteiger partial charge in [-0.3, -0.25) is 4.79 Å². The fourth-order valence-electron chi connectivity index (χ4n) is 4.59. The van der Waals surface area contributed by atoms with E-state index < -0.39 is 6.10 Å². The highest BCUT2D eigenvalue weighted by atomic mass is 16.5. The Kier molecular flexibility index (Phi) is 7.52. The number of carbonyl (C=O) groups is 1. The van der Waals surface area contributed by atoms with Crippen LogP contribution >= 0.6 is 0 Å². The van der Waals surface area contributed by atoms with Crippen LogP contribution in [0.5, 0.6) is 5.75 Å². The van der Waals surface area contributed by atoms with Gasteiger partial charge in [0, 0.05) is 43.5 Å². The van der Waals surface area contributed by atoms with E-state index in [1.165, 1.54) is 6.20 Å². The second-order valence-electron chi connectivity index (χ2n) is 9.36. The third-order valence-corrected chi connectivity index (χ3v) is 6.83. The van der Waals surface area contributed by atoms with Crippen LogP contribution in [0.4, 0.5) is 5.82 Å². The van der Waals surface area contributed by atoms with E-state index in [2.05, 4.69) is 16.1 Å². The molecule has 5 rings (SSSR count). The lowest BCUT2D eigenvalue weighted by atomic mass is 10.1. The van der Waals surface area contributed by atoms with Gasteiger partial charge in [-0.25, -0.2) is 9.50 Å². The first kappa shape index (κ1) is 25.2. The number of aliphatic hydroxyl groups is 1. The minimum absolute atomic E-state index is 0.144. The smallest absolute Gasteiger partial charge is 0.227 e. The van der Waals surface area contributed by atoms with Crippen LogP contribution in [0.3, 0.4) is 0 Å². The van der Waals surface area contributed by atoms with E-state index in [0.29, 0.717) is 55.9 Å². The van der Waals surface area contributed by atoms with Gasteiger partial charge in [0.2, 0.25) is 5.91 Å². The van der Waals surface area contributed by atoms with Crippen LogP contribution in [0.2, 0.25) is 0 Å². The summed E-state index contributed by atoms with van der Waals surface area (Å²) in [5.74, 6) is 1.53. The summed E-state index contributed by atoms with van der Waals surface area (Å²) in [5.41, 5.74) is 3.77. The van der Waals surface area contributed by atoms with E-state index in [0.717, 1.165) is 22.5 Å². The second kappa shape index (κ2) is 11.3. The number of aromatic nitrogens is 3. The summed E-state index contributed by atoms with van der Waals surface area (Å²) in [6.45, 7) is 4.79. The highest BCUT2D eigenvalue weighted by molar-refractivity contribution is 5.85. The molecule has 194 valence electrons. The number of aliphatic hydroxyl groups excluding tert-OH is 1. The molecule has 3 aromatic heterocycles. The third kappa shape index (κ3) is 5.45. The maximum absolute atomic E-state index is 12.7. The molecule has 4 aromatic rings. The number of anilines is 1. The van der Waals surface area contributed by atoms with E-state index in [1.807, 2.05) is 60.4 Å². The Hall–Kier alpha value is -4.42. The molecule has 1 aromatic carbocycles. The molecule has 38 heavy (non-hydrogen) atoms. The minimum atomic E-state index is -0.559. The van der Waals surface area contributed by atoms with E-state index in [9.17, 15) is 15.2 Å². The summed E-state index contributed by atoms with van der Waals surface area (Å²) >= 11 is 0. The van der Waals surface area contributed by atoms with Crippen molar-refractivity contribution >= 4 is 17.2 Å². The van der Waals surface area contributed by atoms with Gasteiger partial charge in [-0.15, -0.1) is 0 Å². The van der Waals surface area contributed by atoms with Crippen LogP contribution in [0.25, 0.3) is 16.6 Å². The lowest BCUT2D eigenvalue weighted by Gasteiger charge is -2.35. The molecule has 1 unspecified atom stereocenters. The van der Waals surface area contributed by atoms with E-state index >= 15 is 0 Å². The molecule has 1 amide bonds. The first-order valence-corrected chi connectivity index (χ1v) is 12.8. The monoisotopic (exact) mass is 510 g/mol. The van der Waals surface area contributed by atoms with Crippen molar-refractivity contribution in [3.05, 3.63) is 78.2 Å². The molecule has 1 fully saturated rings. The highest BCUT2D eigenvalue weighted by Crippen LogP contribution is 2.31. The first-order valence-electron chi connectivity index (χ1n) is 12.8. The van der Waals surface area contributed by atoms with Crippen molar-refractivity contribution in [1.82, 2.24) is 19.5 Å². The molecular formula is C29H30N6O3. The quantitative estimate of drug-likeness (QED) is 0.388. The summed E-state index contributed by atoms with van der Waals surface area (Å²) in [4.78, 5) is 21.5. The summed E-state index contributed by atoms with van der Waals surface area (Å²) in [6.07, 6.45) is 5.48. The molecule has 9 heteroatoms. The number of rotatable bonds is 8. The number of hydrogen-bond donors (Lipinski definition) is 1. The standard InChI is InChI=1S/C29H30N6O3/c1-2-24(36)20-38-25-15-26(29-23(16-30)18-32-35(29)19-25)22-8-9-27(31-17-22)33-10-12-34(13-11-33)28(37)14-21-6-4-3-5-7-21/h3-9,15,17-19,24,36H,2,10-14,20H2,1H3. The van der Waals surface area contributed by atoms with Crippen molar-refractivity contribution in [3.63, 3.8) is 0 Å². The number of carbonyl (C=O) groups excluding carboxylic acids is 1. The summed E-state index contributed by atoms with van der Waals surface area (Å²) in [6, 6.07) is 17.8. The lowest BCUT2D eigenvalue weighted by molar-refractivity contribution is -0.130. The zero-order chi connectivity index (χ0) is 26.5. The maximum atomic E-state index is 12.7. The molecular weight excluding hydrogens is 480 g/mol. The van der Waals surface area contributed by atoms with Crippen LogP contribution in [0, 0.1) is 11.3 Å². The van der Waals surface area contributed by atoms with Crippen molar-refractivity contribution < 1.29 is 14.6 Å². The molecule has 1 saturated heterocycles. The van der Waals surface area contributed by atoms with Gasteiger partial charge in [-0.1, -0.05) is 37.3 Å². The molecule has 0 saturated carbocycles. The molecule has 1 atom stereocenters. The zero-order valence-corrected chi connectivity index (χ0v) is 21.3. The van der Waals surface area contributed by atoms with Gasteiger partial charge >= 0.3 is 0 Å². The van der Waals surface area contributed by atoms with Crippen molar-refractivity contribution in [1.29, 1.82) is 5.26 Å². The van der Waals surface area contributed by atoms with Gasteiger partial charge in [0.05, 0.1) is 36.0 Å². The first-order chi connectivity index (χ1) is 18.6. The molecule has 0 aliphatic carbocycles. The van der Waals surface area contributed by atoms with Gasteiger partial charge in [0.1, 0.15) is 24.2 Å². The number of amides is 1. The van der Waals surface area contributed by atoms with Crippen LogP contribution in [0.1, 0.15) is 24.5 Å². The average molecular weight is 511 g/mol. The number of piperazine rings is 1. The maximum Gasteiger partial charge on any atom is 0.227 e. The third-order valence-electron chi connectivity index (χ3n) is 6.83. The van der Waals surface area contributed by atoms with Crippen molar-refractivity contribution in [2.75, 3.05) is 37.7 Å². The van der Waals surface area contributed by atoms with E-state index in [4.69, 9.17) is 9.72 Å². The normalized spacial score (nSPS) is 14.3. The van der Waals surface area contributed by atoms with Gasteiger partial charge < -0.3 is 19.6 Å². The predicted octanol–water partition coefficient (Wildman–Crippen LogP) is 3.31. The topological polar surface area (TPSA) is 107 Å². The van der Waals surface area contributed by atoms with E-state index in [-0.39, 0.29) is 12.5 Å². The molecule has 1 aliphatic rings. The average Bonchev–Trinajstić information content (AvgIpc) is 3.39. The largest absolute Gasteiger partial charge is 0.489 e. The number of ether oxygens (including phenoxy) is 1. The summed E-state index contributed by atoms with van der Waals surface area (Å²) < 4.78 is 7.43. The Morgan fingerprint density at radius 2 is 1.92 bits per heavy atom. The SMILES string of the molecule is CCC(O)COc1cc(-c2ccc(N3CCN(C(=O)Cc4ccccc4)CC3)nc2)c2c(C#N)cnn2c1. The predicted molar refractivity (Wildman–Crippen MR) is 144 cm³/mol. The number of nitrogens with zero attached hydrogens (tertiary/aromatic N) is 6. The Labute approximate surface area is 221 Å². The molecule has 9 nitrogen and oxygen atoms in total. The molecule has 1 N–H and O–H groups in total. The molecule has 0 radical (unpaired) electrons. The van der Waals surface area contributed by atoms with Crippen molar-refractivity contribution in [2.24, 2.45) is 0 Å². The summed E-state index contributed by atoms with van der Waals surface area (Å²) in [7, 11) is 0. The lowest BCUT2D eigenvalue weighted by Crippen LogP contribution is -2.49. The summed E-state index contributed by atoms with van der Waals surface area (Å²) in [5, 5.41) is 23.8. The van der Waals surface area contributed by atoms with Gasteiger partial charge in [0.25, 0.3) is 0 Å². The Morgan fingerprint density at radius 3 is 2.61 bits per heavy atom. The molecule has 0 bridgehead atoms. The molecule has 0 spiro atoms. The Morgan fingerprint density at radius 1 is 1.13 bits per heavy atom. The Bertz CT molecular complexity index is 1440. The van der Waals surface area contributed by atoms with Crippen LogP contribution in [-0.4, -0.2) is 69.4 Å². The fourth-order valence-corrected chi connectivity index (χ4v) is 4.59. The van der Waals surface area contributed by atoms with E-state index in [1.54, 1.807) is 16.9 Å². The Balaban J connectivity index is 1.30. The number of fused-ring (bicyclic) bond motifs is 1. The minimum Gasteiger partial charge on any atom is -0.489 e. The van der Waals surface area contributed by atoms with Gasteiger partial charge in [-0.05, 0) is 30.2 Å². The second-order valence-corrected chi connectivity index (χ2v) is 9.36. The van der Waals surface area contributed by atoms with Crippen LogP contribution in [0.15, 0.2) is 67.1 Å². The number of benzene rings is 1. The van der Waals surface area contributed by atoms with Crippen molar-refractivity contribution in [2.45, 2.75) is 25.9 Å². The molecule has 4 heterocycles. The number of hydrogen-bond acceptors (Lipinski definition) is 7. The van der Waals surface area contributed by atoms with Gasteiger partial charge in [0.15, 0.2) is 0 Å². The fraction of sp³-hybridized carbons (Fsp3) is 0.310. The van der Waals surface area contributed by atoms with Gasteiger partial charge in [-0.2, -0.15) is 10.4 Å². The van der Waals surface area contributed by atoms with Crippen LogP contribution in [-0.2, 0) is 11.2 Å².